The van der Waals surface area contributed by atoms with Crippen LogP contribution in [0, 0.1) is 5.92 Å². The normalized spacial score (nSPS) is 19.3. The largest absolute Gasteiger partial charge is 0.469 e. The standard InChI is InChI=1S/C22H27N3O4/c1-13-5-4-6-17(23-2)19-11-15(12-20(26)24-19)16-8-7-14(10-21(27)29-3)9-18(16)25-22(13)28/h7-9,11-13,17,23H,4-6,10H2,1-3H3,(H,24,26)(H,25,28). The zero-order chi connectivity index (χ0) is 21.0. The van der Waals surface area contributed by atoms with Crippen LogP contribution in [0.2, 0.25) is 0 Å². The van der Waals surface area contributed by atoms with E-state index in [1.54, 1.807) is 6.07 Å². The lowest BCUT2D eigenvalue weighted by molar-refractivity contribution is -0.139. The molecule has 154 valence electrons. The fourth-order valence-corrected chi connectivity index (χ4v) is 3.67. The van der Waals surface area contributed by atoms with Crippen molar-refractivity contribution in [3.05, 3.63) is 51.9 Å². The van der Waals surface area contributed by atoms with Crippen molar-refractivity contribution in [3.8, 4) is 11.1 Å². The van der Waals surface area contributed by atoms with Crippen LogP contribution >= 0.6 is 0 Å². The SMILES string of the molecule is CNC1CCCC(C)C(=O)Nc2cc(CC(=O)OC)ccc2-c2cc1[nH]c(=O)c2. The van der Waals surface area contributed by atoms with Crippen LogP contribution < -0.4 is 16.2 Å². The molecule has 2 bridgehead atoms. The maximum Gasteiger partial charge on any atom is 0.309 e. The van der Waals surface area contributed by atoms with E-state index in [0.29, 0.717) is 5.69 Å². The highest BCUT2D eigenvalue weighted by atomic mass is 16.5. The minimum atomic E-state index is -0.354. The second-order valence-corrected chi connectivity index (χ2v) is 7.48. The molecular weight excluding hydrogens is 370 g/mol. The average Bonchev–Trinajstić information content (AvgIpc) is 2.70. The summed E-state index contributed by atoms with van der Waals surface area (Å²) in [7, 11) is 3.21. The van der Waals surface area contributed by atoms with Gasteiger partial charge in [-0.1, -0.05) is 25.5 Å². The Morgan fingerprint density at radius 2 is 2.00 bits per heavy atom. The summed E-state index contributed by atoms with van der Waals surface area (Å²) in [5.74, 6) is -0.581. The predicted octanol–water partition coefficient (Wildman–Crippen LogP) is 2.78. The van der Waals surface area contributed by atoms with Gasteiger partial charge in [0.2, 0.25) is 11.5 Å². The number of fused-ring (bicyclic) bond motifs is 4. The lowest BCUT2D eigenvalue weighted by Crippen LogP contribution is -2.24. The van der Waals surface area contributed by atoms with E-state index in [0.717, 1.165) is 41.6 Å². The molecule has 7 heteroatoms. The van der Waals surface area contributed by atoms with Gasteiger partial charge in [0.15, 0.2) is 0 Å². The number of amides is 1. The van der Waals surface area contributed by atoms with Crippen molar-refractivity contribution in [1.82, 2.24) is 10.3 Å². The number of hydrogen-bond donors (Lipinski definition) is 3. The van der Waals surface area contributed by atoms with E-state index in [2.05, 4.69) is 15.6 Å². The number of aromatic nitrogens is 1. The molecule has 2 aromatic rings. The molecule has 2 unspecified atom stereocenters. The second-order valence-electron chi connectivity index (χ2n) is 7.48. The average molecular weight is 397 g/mol. The molecule has 0 spiro atoms. The molecule has 1 amide bonds. The number of rotatable bonds is 3. The van der Waals surface area contributed by atoms with Gasteiger partial charge in [0.1, 0.15) is 0 Å². The number of hydrogen-bond acceptors (Lipinski definition) is 5. The molecule has 0 radical (unpaired) electrons. The lowest BCUT2D eigenvalue weighted by Gasteiger charge is -2.21. The van der Waals surface area contributed by atoms with Gasteiger partial charge >= 0.3 is 5.97 Å². The van der Waals surface area contributed by atoms with Crippen molar-refractivity contribution in [2.45, 2.75) is 38.6 Å². The first kappa shape index (κ1) is 20.8. The van der Waals surface area contributed by atoms with Gasteiger partial charge in [0, 0.05) is 35.0 Å². The molecular formula is C22H27N3O4. The number of carbonyl (C=O) groups is 2. The molecule has 2 atom stereocenters. The van der Waals surface area contributed by atoms with Gasteiger partial charge in [-0.05, 0) is 43.1 Å². The van der Waals surface area contributed by atoms with E-state index >= 15 is 0 Å². The highest BCUT2D eigenvalue weighted by molar-refractivity contribution is 5.97. The van der Waals surface area contributed by atoms with Crippen LogP contribution in [0.1, 0.15) is 43.5 Å². The summed E-state index contributed by atoms with van der Waals surface area (Å²) in [6.07, 6.45) is 2.52. The number of esters is 1. The molecule has 1 aliphatic rings. The molecule has 0 fully saturated rings. The molecule has 1 aromatic heterocycles. The van der Waals surface area contributed by atoms with Gasteiger partial charge in [-0.15, -0.1) is 0 Å². The number of H-pyrrole nitrogens is 1. The Balaban J connectivity index is 2.14. The van der Waals surface area contributed by atoms with Crippen molar-refractivity contribution in [3.63, 3.8) is 0 Å². The zero-order valence-corrected chi connectivity index (χ0v) is 17.0. The molecule has 0 saturated heterocycles. The van der Waals surface area contributed by atoms with Gasteiger partial charge in [0.05, 0.1) is 13.5 Å². The quantitative estimate of drug-likeness (QED) is 0.692. The Morgan fingerprint density at radius 3 is 2.72 bits per heavy atom. The number of ether oxygens (including phenoxy) is 1. The van der Waals surface area contributed by atoms with E-state index in [4.69, 9.17) is 4.74 Å². The van der Waals surface area contributed by atoms with Crippen LogP contribution in [-0.2, 0) is 20.7 Å². The first-order valence-corrected chi connectivity index (χ1v) is 9.83. The Kier molecular flexibility index (Phi) is 6.49. The van der Waals surface area contributed by atoms with Crippen molar-refractivity contribution in [2.24, 2.45) is 5.92 Å². The van der Waals surface area contributed by atoms with Crippen molar-refractivity contribution < 1.29 is 14.3 Å². The van der Waals surface area contributed by atoms with E-state index in [9.17, 15) is 14.4 Å². The number of anilines is 1. The molecule has 3 rings (SSSR count). The maximum atomic E-state index is 12.7. The lowest BCUT2D eigenvalue weighted by atomic mass is 9.94. The highest BCUT2D eigenvalue weighted by Gasteiger charge is 2.20. The first-order chi connectivity index (χ1) is 13.9. The summed E-state index contributed by atoms with van der Waals surface area (Å²) < 4.78 is 4.74. The predicted molar refractivity (Wildman–Crippen MR) is 112 cm³/mol. The summed E-state index contributed by atoms with van der Waals surface area (Å²) in [6, 6.07) is 8.89. The molecule has 7 nitrogen and oxygen atoms in total. The second kappa shape index (κ2) is 9.05. The Morgan fingerprint density at radius 1 is 1.21 bits per heavy atom. The third-order valence-corrected chi connectivity index (χ3v) is 5.40. The number of benzene rings is 1. The fourth-order valence-electron chi connectivity index (χ4n) is 3.67. The highest BCUT2D eigenvalue weighted by Crippen LogP contribution is 2.32. The number of methoxy groups -OCH3 is 1. The summed E-state index contributed by atoms with van der Waals surface area (Å²) in [5, 5.41) is 6.25. The van der Waals surface area contributed by atoms with Gasteiger partial charge in [0.25, 0.3) is 0 Å². The molecule has 2 heterocycles. The minimum absolute atomic E-state index is 0.000569. The Bertz CT molecular complexity index is 967. The van der Waals surface area contributed by atoms with E-state index in [-0.39, 0.29) is 35.8 Å². The van der Waals surface area contributed by atoms with Crippen molar-refractivity contribution in [1.29, 1.82) is 0 Å². The Labute approximate surface area is 169 Å². The van der Waals surface area contributed by atoms with Crippen LogP contribution in [0.5, 0.6) is 0 Å². The van der Waals surface area contributed by atoms with Gasteiger partial charge in [-0.3, -0.25) is 14.4 Å². The molecule has 1 aromatic carbocycles. The van der Waals surface area contributed by atoms with E-state index < -0.39 is 0 Å². The van der Waals surface area contributed by atoms with Crippen molar-refractivity contribution in [2.75, 3.05) is 19.5 Å². The van der Waals surface area contributed by atoms with Crippen LogP contribution in [0.3, 0.4) is 0 Å². The maximum absolute atomic E-state index is 12.7. The van der Waals surface area contributed by atoms with Crippen LogP contribution in [0.4, 0.5) is 5.69 Å². The molecule has 3 N–H and O–H groups in total. The zero-order valence-electron chi connectivity index (χ0n) is 17.0. The number of nitrogens with one attached hydrogen (secondary N) is 3. The third kappa shape index (κ3) is 4.92. The molecule has 0 saturated carbocycles. The number of aromatic amines is 1. The van der Waals surface area contributed by atoms with E-state index in [1.807, 2.05) is 32.2 Å². The molecule has 0 aliphatic carbocycles. The van der Waals surface area contributed by atoms with Gasteiger partial charge in [-0.25, -0.2) is 0 Å². The van der Waals surface area contributed by atoms with Crippen LogP contribution in [0.15, 0.2) is 35.1 Å². The smallest absolute Gasteiger partial charge is 0.309 e. The summed E-state index contributed by atoms with van der Waals surface area (Å²) >= 11 is 0. The topological polar surface area (TPSA) is 100 Å². The molecule has 1 aliphatic heterocycles. The monoisotopic (exact) mass is 397 g/mol. The summed E-state index contributed by atoms with van der Waals surface area (Å²) in [6.45, 7) is 1.91. The van der Waals surface area contributed by atoms with Gasteiger partial charge in [-0.2, -0.15) is 0 Å². The number of pyridine rings is 1. The summed E-state index contributed by atoms with van der Waals surface area (Å²) in [5.41, 5.74) is 3.40. The van der Waals surface area contributed by atoms with E-state index in [1.165, 1.54) is 13.2 Å². The summed E-state index contributed by atoms with van der Waals surface area (Å²) in [4.78, 5) is 39.7. The first-order valence-electron chi connectivity index (χ1n) is 9.83. The molecule has 29 heavy (non-hydrogen) atoms. The minimum Gasteiger partial charge on any atom is -0.469 e. The fraction of sp³-hybridized carbons (Fsp3) is 0.409. The van der Waals surface area contributed by atoms with Crippen LogP contribution in [-0.4, -0.2) is 31.0 Å². The van der Waals surface area contributed by atoms with Crippen molar-refractivity contribution >= 4 is 17.6 Å². The Hall–Kier alpha value is -2.93. The van der Waals surface area contributed by atoms with Crippen LogP contribution in [0.25, 0.3) is 11.1 Å². The van der Waals surface area contributed by atoms with Gasteiger partial charge < -0.3 is 20.4 Å². The third-order valence-electron chi connectivity index (χ3n) is 5.40. The number of carbonyl (C=O) groups excluding carboxylic acids is 2.